The van der Waals surface area contributed by atoms with E-state index in [1.165, 1.54) is 25.2 Å². The molecule has 0 bridgehead atoms. The van der Waals surface area contributed by atoms with Crippen molar-refractivity contribution in [2.45, 2.75) is 13.8 Å². The number of piperazine rings is 2. The van der Waals surface area contributed by atoms with E-state index in [0.29, 0.717) is 11.9 Å². The molecule has 6 nitrogen and oxygen atoms in total. The van der Waals surface area contributed by atoms with Crippen molar-refractivity contribution in [1.82, 2.24) is 14.7 Å². The van der Waals surface area contributed by atoms with E-state index >= 15 is 0 Å². The van der Waals surface area contributed by atoms with Crippen LogP contribution in [0.3, 0.4) is 0 Å². The summed E-state index contributed by atoms with van der Waals surface area (Å²) in [5.41, 5.74) is 7.32. The third-order valence-electron chi connectivity index (χ3n) is 5.84. The lowest BCUT2D eigenvalue weighted by atomic mass is 10.1. The molecule has 2 saturated heterocycles. The predicted octanol–water partition coefficient (Wildman–Crippen LogP) is 2.15. The van der Waals surface area contributed by atoms with Crippen molar-refractivity contribution in [3.05, 3.63) is 30.1 Å². The summed E-state index contributed by atoms with van der Waals surface area (Å²) in [6, 6.07) is 6.71. The zero-order valence-electron chi connectivity index (χ0n) is 17.8. The monoisotopic (exact) mass is 518 g/mol. The maximum Gasteiger partial charge on any atom is 0.191 e. The van der Waals surface area contributed by atoms with Crippen molar-refractivity contribution < 1.29 is 4.39 Å². The summed E-state index contributed by atoms with van der Waals surface area (Å²) in [6.07, 6.45) is 0. The number of benzene rings is 1. The standard InChI is InChI=1S/C21H35FN6.HI/c1-3-25-8-10-26(11-9-25)17-18(2)16-24-21(23)28-14-12-27(13-15-28)20-6-4-19(22)5-7-20;/h4-7,18H,3,8-17H2,1-2H3,(H2,23,24);1H. The Hall–Kier alpha value is -1.13. The minimum atomic E-state index is -0.194. The average molecular weight is 518 g/mol. The Morgan fingerprint density at radius 3 is 2.17 bits per heavy atom. The lowest BCUT2D eigenvalue weighted by Crippen LogP contribution is -2.51. The molecule has 0 saturated carbocycles. The van der Waals surface area contributed by atoms with Crippen molar-refractivity contribution >= 4 is 35.6 Å². The van der Waals surface area contributed by atoms with E-state index in [9.17, 15) is 4.39 Å². The van der Waals surface area contributed by atoms with E-state index in [1.54, 1.807) is 0 Å². The van der Waals surface area contributed by atoms with E-state index in [0.717, 1.165) is 64.6 Å². The number of aliphatic imine (C=N–C) groups is 1. The summed E-state index contributed by atoms with van der Waals surface area (Å²) in [6.45, 7) is 15.6. The van der Waals surface area contributed by atoms with E-state index in [1.807, 2.05) is 12.1 Å². The molecule has 1 atom stereocenters. The number of anilines is 1. The van der Waals surface area contributed by atoms with Crippen LogP contribution in [0.2, 0.25) is 0 Å². The normalized spacial score (nSPS) is 20.4. The van der Waals surface area contributed by atoms with Gasteiger partial charge in [0.1, 0.15) is 5.82 Å². The van der Waals surface area contributed by atoms with Crippen molar-refractivity contribution in [2.24, 2.45) is 16.6 Å². The van der Waals surface area contributed by atoms with Gasteiger partial charge in [-0.15, -0.1) is 24.0 Å². The fraction of sp³-hybridized carbons (Fsp3) is 0.667. The Balaban J connectivity index is 0.00000300. The predicted molar refractivity (Wildman–Crippen MR) is 130 cm³/mol. The molecule has 0 radical (unpaired) electrons. The molecule has 0 amide bonds. The molecule has 29 heavy (non-hydrogen) atoms. The fourth-order valence-electron chi connectivity index (χ4n) is 3.98. The number of hydrogen-bond donors (Lipinski definition) is 1. The van der Waals surface area contributed by atoms with Crippen LogP contribution in [0.5, 0.6) is 0 Å². The molecular formula is C21H36FIN6. The Morgan fingerprint density at radius 2 is 1.59 bits per heavy atom. The molecule has 2 heterocycles. The molecule has 1 aromatic carbocycles. The number of halogens is 2. The molecule has 8 heteroatoms. The van der Waals surface area contributed by atoms with Crippen molar-refractivity contribution in [1.29, 1.82) is 0 Å². The van der Waals surface area contributed by atoms with Crippen molar-refractivity contribution in [2.75, 3.05) is 76.9 Å². The number of likely N-dealkylation sites (N-methyl/N-ethyl adjacent to an activating group) is 1. The van der Waals surface area contributed by atoms with Crippen LogP contribution >= 0.6 is 24.0 Å². The lowest BCUT2D eigenvalue weighted by Gasteiger charge is -2.37. The van der Waals surface area contributed by atoms with Crippen molar-refractivity contribution in [3.63, 3.8) is 0 Å². The van der Waals surface area contributed by atoms with Gasteiger partial charge in [-0.25, -0.2) is 4.39 Å². The Morgan fingerprint density at radius 1 is 1.00 bits per heavy atom. The molecule has 164 valence electrons. The first-order valence-electron chi connectivity index (χ1n) is 10.5. The van der Waals surface area contributed by atoms with Gasteiger partial charge in [-0.05, 0) is 36.7 Å². The molecule has 2 aliphatic rings. The number of rotatable bonds is 6. The zero-order valence-corrected chi connectivity index (χ0v) is 20.1. The maximum atomic E-state index is 13.1. The Kier molecular flexibility index (Phi) is 9.91. The molecule has 0 aliphatic carbocycles. The number of nitrogens with zero attached hydrogens (tertiary/aromatic N) is 5. The number of hydrogen-bond acceptors (Lipinski definition) is 4. The van der Waals surface area contributed by atoms with Gasteiger partial charge in [-0.1, -0.05) is 13.8 Å². The second kappa shape index (κ2) is 11.9. The molecule has 0 spiro atoms. The third kappa shape index (κ3) is 7.25. The smallest absolute Gasteiger partial charge is 0.191 e. The van der Waals surface area contributed by atoms with Gasteiger partial charge in [0.25, 0.3) is 0 Å². The summed E-state index contributed by atoms with van der Waals surface area (Å²) in [4.78, 5) is 14.1. The van der Waals surface area contributed by atoms with Crippen LogP contribution in [0.25, 0.3) is 0 Å². The Bertz CT molecular complexity index is 625. The van der Waals surface area contributed by atoms with Crippen LogP contribution in [0.1, 0.15) is 13.8 Å². The zero-order chi connectivity index (χ0) is 19.9. The van der Waals surface area contributed by atoms with Gasteiger partial charge in [0.2, 0.25) is 0 Å². The van der Waals surface area contributed by atoms with E-state index in [2.05, 4.69) is 38.4 Å². The van der Waals surface area contributed by atoms with Gasteiger partial charge in [0, 0.05) is 71.1 Å². The summed E-state index contributed by atoms with van der Waals surface area (Å²) >= 11 is 0. The third-order valence-corrected chi connectivity index (χ3v) is 5.84. The minimum absolute atomic E-state index is 0. The van der Waals surface area contributed by atoms with Gasteiger partial charge in [-0.3, -0.25) is 4.99 Å². The minimum Gasteiger partial charge on any atom is -0.370 e. The van der Waals surface area contributed by atoms with Gasteiger partial charge in [0.05, 0.1) is 0 Å². The molecule has 0 aromatic heterocycles. The molecule has 2 N–H and O–H groups in total. The molecule has 2 fully saturated rings. The Labute approximate surface area is 191 Å². The maximum absolute atomic E-state index is 13.1. The van der Waals surface area contributed by atoms with Gasteiger partial charge in [0.15, 0.2) is 5.96 Å². The van der Waals surface area contributed by atoms with Crippen LogP contribution in [-0.4, -0.2) is 92.7 Å². The molecular weight excluding hydrogens is 482 g/mol. The second-order valence-corrected chi connectivity index (χ2v) is 7.99. The van der Waals surface area contributed by atoms with Crippen LogP contribution < -0.4 is 10.6 Å². The fourth-order valence-corrected chi connectivity index (χ4v) is 3.98. The summed E-state index contributed by atoms with van der Waals surface area (Å²) in [7, 11) is 0. The number of nitrogens with two attached hydrogens (primary N) is 1. The van der Waals surface area contributed by atoms with E-state index < -0.39 is 0 Å². The van der Waals surface area contributed by atoms with E-state index in [-0.39, 0.29) is 29.8 Å². The molecule has 3 rings (SSSR count). The van der Waals surface area contributed by atoms with Gasteiger partial charge < -0.3 is 25.3 Å². The molecule has 1 aromatic rings. The second-order valence-electron chi connectivity index (χ2n) is 7.99. The summed E-state index contributed by atoms with van der Waals surface area (Å²) < 4.78 is 13.1. The quantitative estimate of drug-likeness (QED) is 0.356. The van der Waals surface area contributed by atoms with Crippen LogP contribution in [-0.2, 0) is 0 Å². The van der Waals surface area contributed by atoms with Gasteiger partial charge in [-0.2, -0.15) is 0 Å². The van der Waals surface area contributed by atoms with Crippen LogP contribution in [0.15, 0.2) is 29.3 Å². The number of guanidine groups is 1. The first-order chi connectivity index (χ1) is 13.5. The highest BCUT2D eigenvalue weighted by Crippen LogP contribution is 2.17. The topological polar surface area (TPSA) is 51.3 Å². The molecule has 2 aliphatic heterocycles. The van der Waals surface area contributed by atoms with E-state index in [4.69, 9.17) is 5.73 Å². The molecule has 1 unspecified atom stereocenters. The first-order valence-corrected chi connectivity index (χ1v) is 10.5. The largest absolute Gasteiger partial charge is 0.370 e. The lowest BCUT2D eigenvalue weighted by molar-refractivity contribution is 0.125. The average Bonchev–Trinajstić information content (AvgIpc) is 2.73. The van der Waals surface area contributed by atoms with Crippen LogP contribution in [0.4, 0.5) is 10.1 Å². The highest BCUT2D eigenvalue weighted by atomic mass is 127. The van der Waals surface area contributed by atoms with Crippen LogP contribution in [0, 0.1) is 11.7 Å². The highest BCUT2D eigenvalue weighted by molar-refractivity contribution is 14.0. The highest BCUT2D eigenvalue weighted by Gasteiger charge is 2.20. The first kappa shape index (κ1) is 24.1. The SMILES string of the molecule is CCN1CCN(CC(C)CN=C(N)N2CCN(c3ccc(F)cc3)CC2)CC1.I. The summed E-state index contributed by atoms with van der Waals surface area (Å²) in [5.74, 6) is 0.966. The summed E-state index contributed by atoms with van der Waals surface area (Å²) in [5, 5.41) is 0. The van der Waals surface area contributed by atoms with Crippen molar-refractivity contribution in [3.8, 4) is 0 Å². The van der Waals surface area contributed by atoms with Gasteiger partial charge >= 0.3 is 0 Å².